The van der Waals surface area contributed by atoms with Gasteiger partial charge >= 0.3 is 6.18 Å². The number of amides is 1. The summed E-state index contributed by atoms with van der Waals surface area (Å²) in [4.78, 5) is 11.7. The fraction of sp³-hybridized carbons (Fsp3) is 0.385. The van der Waals surface area contributed by atoms with Crippen molar-refractivity contribution in [3.05, 3.63) is 35.1 Å². The minimum absolute atomic E-state index is 0.252. The van der Waals surface area contributed by atoms with Crippen LogP contribution in [0.15, 0.2) is 18.2 Å². The second-order valence-corrected chi connectivity index (χ2v) is 4.52. The van der Waals surface area contributed by atoms with E-state index in [9.17, 15) is 22.4 Å². The first-order valence-corrected chi connectivity index (χ1v) is 5.74. The predicted molar refractivity (Wildman–Crippen MR) is 63.1 cm³/mol. The van der Waals surface area contributed by atoms with Gasteiger partial charge in [0.25, 0.3) is 5.91 Å². The van der Waals surface area contributed by atoms with Crippen molar-refractivity contribution in [2.45, 2.75) is 26.1 Å². The number of benzene rings is 1. The van der Waals surface area contributed by atoms with E-state index >= 15 is 0 Å². The van der Waals surface area contributed by atoms with Crippen molar-refractivity contribution >= 4 is 5.91 Å². The van der Waals surface area contributed by atoms with Gasteiger partial charge in [0.2, 0.25) is 0 Å². The Morgan fingerprint density at radius 3 is 2.40 bits per heavy atom. The number of carbonyl (C=O) groups excluding carboxylic acids is 1. The van der Waals surface area contributed by atoms with Crippen LogP contribution in [0, 0.1) is 23.1 Å². The van der Waals surface area contributed by atoms with Crippen LogP contribution in [0.1, 0.15) is 29.8 Å². The average molecular weight is 288 g/mol. The maximum Gasteiger partial charge on any atom is 0.416 e. The standard InChI is InChI=1S/C13H12F4N2O/c1-7(2)11(6-18)19-12(20)9-5-8(13(15,16)17)3-4-10(9)14/h3-5,7,11H,1-2H3,(H,19,20)/t11-/m0/s1. The summed E-state index contributed by atoms with van der Waals surface area (Å²) in [5.74, 6) is -2.37. The normalized spacial score (nSPS) is 12.9. The van der Waals surface area contributed by atoms with Crippen LogP contribution in [0.3, 0.4) is 0 Å². The number of halogens is 4. The zero-order valence-corrected chi connectivity index (χ0v) is 10.8. The van der Waals surface area contributed by atoms with Gasteiger partial charge in [0.05, 0.1) is 17.2 Å². The highest BCUT2D eigenvalue weighted by Gasteiger charge is 2.32. The number of nitrogens with zero attached hydrogens (tertiary/aromatic N) is 1. The fourth-order valence-corrected chi connectivity index (χ4v) is 1.44. The first-order chi connectivity index (χ1) is 9.16. The molecule has 1 rings (SSSR count). The second kappa shape index (κ2) is 5.90. The third-order valence-corrected chi connectivity index (χ3v) is 2.63. The van der Waals surface area contributed by atoms with E-state index in [1.165, 1.54) is 0 Å². The molecule has 0 spiro atoms. The van der Waals surface area contributed by atoms with Crippen LogP contribution in [-0.4, -0.2) is 11.9 Å². The molecule has 0 radical (unpaired) electrons. The van der Waals surface area contributed by atoms with Gasteiger partial charge in [0.15, 0.2) is 0 Å². The van der Waals surface area contributed by atoms with Gasteiger partial charge in [-0.25, -0.2) is 4.39 Å². The molecule has 108 valence electrons. The minimum atomic E-state index is -4.67. The van der Waals surface area contributed by atoms with Gasteiger partial charge in [-0.15, -0.1) is 0 Å². The highest BCUT2D eigenvalue weighted by atomic mass is 19.4. The smallest absolute Gasteiger partial charge is 0.336 e. The van der Waals surface area contributed by atoms with E-state index in [2.05, 4.69) is 5.32 Å². The summed E-state index contributed by atoms with van der Waals surface area (Å²) in [5, 5.41) is 11.0. The highest BCUT2D eigenvalue weighted by molar-refractivity contribution is 5.95. The largest absolute Gasteiger partial charge is 0.416 e. The molecule has 0 unspecified atom stereocenters. The zero-order chi connectivity index (χ0) is 15.5. The van der Waals surface area contributed by atoms with E-state index in [0.717, 1.165) is 0 Å². The van der Waals surface area contributed by atoms with E-state index < -0.39 is 35.1 Å². The monoisotopic (exact) mass is 288 g/mol. The molecular weight excluding hydrogens is 276 g/mol. The van der Waals surface area contributed by atoms with Crippen LogP contribution >= 0.6 is 0 Å². The third-order valence-electron chi connectivity index (χ3n) is 2.63. The Morgan fingerprint density at radius 2 is 1.95 bits per heavy atom. The Balaban J connectivity index is 3.07. The van der Waals surface area contributed by atoms with Gasteiger partial charge in [-0.3, -0.25) is 4.79 Å². The van der Waals surface area contributed by atoms with E-state index in [4.69, 9.17) is 5.26 Å². The highest BCUT2D eigenvalue weighted by Crippen LogP contribution is 2.30. The quantitative estimate of drug-likeness (QED) is 0.869. The summed E-state index contributed by atoms with van der Waals surface area (Å²) in [7, 11) is 0. The van der Waals surface area contributed by atoms with Gasteiger partial charge < -0.3 is 5.32 Å². The second-order valence-electron chi connectivity index (χ2n) is 4.52. The van der Waals surface area contributed by atoms with Crippen molar-refractivity contribution in [3.8, 4) is 6.07 Å². The molecule has 3 nitrogen and oxygen atoms in total. The van der Waals surface area contributed by atoms with Crippen molar-refractivity contribution in [1.82, 2.24) is 5.32 Å². The minimum Gasteiger partial charge on any atom is -0.336 e. The number of hydrogen-bond acceptors (Lipinski definition) is 2. The Labute approximate surface area is 113 Å². The van der Waals surface area contributed by atoms with Crippen LogP contribution in [0.2, 0.25) is 0 Å². The lowest BCUT2D eigenvalue weighted by molar-refractivity contribution is -0.137. The topological polar surface area (TPSA) is 52.9 Å². The maximum atomic E-state index is 13.5. The molecule has 1 aromatic carbocycles. The van der Waals surface area contributed by atoms with Crippen LogP contribution in [0.4, 0.5) is 17.6 Å². The number of hydrogen-bond donors (Lipinski definition) is 1. The molecule has 1 amide bonds. The predicted octanol–water partition coefficient (Wildman–Crippen LogP) is 3.12. The SMILES string of the molecule is CC(C)[C@H](C#N)NC(=O)c1cc(C(F)(F)F)ccc1F. The molecular formula is C13H12F4N2O. The molecule has 1 N–H and O–H groups in total. The lowest BCUT2D eigenvalue weighted by atomic mass is 10.0. The molecule has 1 atom stereocenters. The van der Waals surface area contributed by atoms with Gasteiger partial charge in [-0.1, -0.05) is 13.8 Å². The van der Waals surface area contributed by atoms with Crippen molar-refractivity contribution in [1.29, 1.82) is 5.26 Å². The van der Waals surface area contributed by atoms with E-state index in [1.54, 1.807) is 19.9 Å². The van der Waals surface area contributed by atoms with Gasteiger partial charge in [0.1, 0.15) is 11.9 Å². The van der Waals surface area contributed by atoms with Crippen LogP contribution < -0.4 is 5.32 Å². The molecule has 0 fully saturated rings. The summed E-state index contributed by atoms with van der Waals surface area (Å²) in [6.07, 6.45) is -4.67. The first-order valence-electron chi connectivity index (χ1n) is 5.74. The van der Waals surface area contributed by atoms with E-state index in [1.807, 2.05) is 0 Å². The number of rotatable bonds is 3. The number of carbonyl (C=O) groups is 1. The molecule has 0 heterocycles. The summed E-state index contributed by atoms with van der Waals surface area (Å²) < 4.78 is 51.0. The van der Waals surface area contributed by atoms with Crippen molar-refractivity contribution < 1.29 is 22.4 Å². The number of nitrogens with one attached hydrogen (secondary N) is 1. The lowest BCUT2D eigenvalue weighted by Crippen LogP contribution is -2.37. The van der Waals surface area contributed by atoms with Gasteiger partial charge in [-0.2, -0.15) is 18.4 Å². The fourth-order valence-electron chi connectivity index (χ4n) is 1.44. The lowest BCUT2D eigenvalue weighted by Gasteiger charge is -2.16. The molecule has 7 heteroatoms. The summed E-state index contributed by atoms with van der Waals surface area (Å²) in [6.45, 7) is 3.30. The molecule has 0 saturated heterocycles. The van der Waals surface area contributed by atoms with Gasteiger partial charge in [0, 0.05) is 0 Å². The van der Waals surface area contributed by atoms with Crippen LogP contribution in [-0.2, 0) is 6.18 Å². The van der Waals surface area contributed by atoms with E-state index in [0.29, 0.717) is 18.2 Å². The molecule has 20 heavy (non-hydrogen) atoms. The molecule has 0 saturated carbocycles. The number of alkyl halides is 3. The molecule has 1 aromatic rings. The third kappa shape index (κ3) is 3.70. The molecule has 0 aromatic heterocycles. The Bertz CT molecular complexity index is 546. The molecule has 0 aliphatic carbocycles. The zero-order valence-electron chi connectivity index (χ0n) is 10.8. The first kappa shape index (κ1) is 16.0. The van der Waals surface area contributed by atoms with Gasteiger partial charge in [-0.05, 0) is 24.1 Å². The summed E-state index contributed by atoms with van der Waals surface area (Å²) >= 11 is 0. The Morgan fingerprint density at radius 1 is 1.35 bits per heavy atom. The van der Waals surface area contributed by atoms with Crippen molar-refractivity contribution in [2.75, 3.05) is 0 Å². The maximum absolute atomic E-state index is 13.5. The average Bonchev–Trinajstić information content (AvgIpc) is 2.34. The molecule has 0 aliphatic heterocycles. The van der Waals surface area contributed by atoms with E-state index in [-0.39, 0.29) is 5.92 Å². The Hall–Kier alpha value is -2.10. The summed E-state index contributed by atoms with van der Waals surface area (Å²) in [5.41, 5.74) is -1.86. The van der Waals surface area contributed by atoms with Crippen molar-refractivity contribution in [3.63, 3.8) is 0 Å². The number of nitriles is 1. The van der Waals surface area contributed by atoms with Crippen molar-refractivity contribution in [2.24, 2.45) is 5.92 Å². The van der Waals surface area contributed by atoms with Crippen LogP contribution in [0.5, 0.6) is 0 Å². The summed E-state index contributed by atoms with van der Waals surface area (Å²) in [6, 6.07) is 2.44. The Kier molecular flexibility index (Phi) is 4.71. The molecule has 0 bridgehead atoms. The van der Waals surface area contributed by atoms with Crippen LogP contribution in [0.25, 0.3) is 0 Å². The molecule has 0 aliphatic rings.